The molecule has 1 amide bonds. The first-order valence-electron chi connectivity index (χ1n) is 9.17. The number of nitrogens with one attached hydrogen (secondary N) is 1. The van der Waals surface area contributed by atoms with E-state index in [9.17, 15) is 22.4 Å². The summed E-state index contributed by atoms with van der Waals surface area (Å²) in [5, 5.41) is 2.42. The van der Waals surface area contributed by atoms with Gasteiger partial charge in [0.05, 0.1) is 4.90 Å². The number of carbonyl (C=O) groups is 2. The van der Waals surface area contributed by atoms with E-state index in [0.717, 1.165) is 10.4 Å². The summed E-state index contributed by atoms with van der Waals surface area (Å²) < 4.78 is 45.2. The number of nitrogens with zero attached hydrogens (tertiary/aromatic N) is 1. The minimum Gasteiger partial charge on any atom is -0.454 e. The summed E-state index contributed by atoms with van der Waals surface area (Å²) in [4.78, 5) is 24.6. The van der Waals surface area contributed by atoms with Crippen molar-refractivity contribution >= 4 is 27.6 Å². The summed E-state index contributed by atoms with van der Waals surface area (Å²) in [5.41, 5.74) is 0.233. The van der Waals surface area contributed by atoms with E-state index in [2.05, 4.69) is 5.32 Å². The Bertz CT molecular complexity index is 981. The standard InChI is InChI=1S/C20H21FN2O5S/c21-15-7-6-8-16(13-15)22-19(24)14-28-20(25)18-11-4-5-12-23(18)29(26,27)17-9-2-1-3-10-17/h1-3,6-10,13,18H,4-5,11-12,14H2,(H,22,24). The lowest BCUT2D eigenvalue weighted by Gasteiger charge is -2.32. The van der Waals surface area contributed by atoms with E-state index in [1.54, 1.807) is 18.2 Å². The normalized spacial score (nSPS) is 17.5. The third-order valence-corrected chi connectivity index (χ3v) is 6.45. The van der Waals surface area contributed by atoms with Gasteiger partial charge in [0, 0.05) is 12.2 Å². The van der Waals surface area contributed by atoms with Gasteiger partial charge in [-0.2, -0.15) is 4.31 Å². The molecule has 1 saturated heterocycles. The molecule has 0 aliphatic carbocycles. The molecule has 1 aliphatic heterocycles. The Hall–Kier alpha value is -2.78. The second-order valence-electron chi connectivity index (χ2n) is 6.61. The summed E-state index contributed by atoms with van der Waals surface area (Å²) >= 11 is 0. The fraction of sp³-hybridized carbons (Fsp3) is 0.300. The Morgan fingerprint density at radius 1 is 1.10 bits per heavy atom. The fourth-order valence-electron chi connectivity index (χ4n) is 3.15. The van der Waals surface area contributed by atoms with Crippen molar-refractivity contribution in [3.63, 3.8) is 0 Å². The highest BCUT2D eigenvalue weighted by atomic mass is 32.2. The van der Waals surface area contributed by atoms with E-state index in [-0.39, 0.29) is 17.1 Å². The maximum absolute atomic E-state index is 13.2. The lowest BCUT2D eigenvalue weighted by molar-refractivity contribution is -0.152. The maximum Gasteiger partial charge on any atom is 0.324 e. The zero-order chi connectivity index (χ0) is 20.9. The van der Waals surface area contributed by atoms with Crippen LogP contribution in [0.4, 0.5) is 10.1 Å². The third-order valence-electron chi connectivity index (χ3n) is 4.53. The molecular weight excluding hydrogens is 399 g/mol. The van der Waals surface area contributed by atoms with Crippen LogP contribution in [-0.4, -0.2) is 43.8 Å². The highest BCUT2D eigenvalue weighted by Gasteiger charge is 2.38. The number of carbonyl (C=O) groups excluding carboxylic acids is 2. The van der Waals surface area contributed by atoms with Crippen molar-refractivity contribution in [2.24, 2.45) is 0 Å². The first kappa shape index (κ1) is 20.9. The number of hydrogen-bond donors (Lipinski definition) is 1. The number of anilines is 1. The van der Waals surface area contributed by atoms with Crippen LogP contribution in [0.3, 0.4) is 0 Å². The molecular formula is C20H21FN2O5S. The van der Waals surface area contributed by atoms with Crippen molar-refractivity contribution in [1.82, 2.24) is 4.31 Å². The molecule has 0 bridgehead atoms. The number of halogens is 1. The van der Waals surface area contributed by atoms with E-state index in [1.807, 2.05) is 0 Å². The summed E-state index contributed by atoms with van der Waals surface area (Å²) in [5.74, 6) is -1.93. The fourth-order valence-corrected chi connectivity index (χ4v) is 4.82. The van der Waals surface area contributed by atoms with Gasteiger partial charge in [0.15, 0.2) is 6.61 Å². The zero-order valence-electron chi connectivity index (χ0n) is 15.6. The molecule has 7 nitrogen and oxygen atoms in total. The molecule has 0 aromatic heterocycles. The van der Waals surface area contributed by atoms with Crippen molar-refractivity contribution in [3.8, 4) is 0 Å². The minimum absolute atomic E-state index is 0.101. The molecule has 0 radical (unpaired) electrons. The monoisotopic (exact) mass is 420 g/mol. The van der Waals surface area contributed by atoms with Crippen LogP contribution in [0.25, 0.3) is 0 Å². The molecule has 3 rings (SSSR count). The van der Waals surface area contributed by atoms with Crippen LogP contribution in [-0.2, 0) is 24.3 Å². The SMILES string of the molecule is O=C(COC(=O)C1CCCCN1S(=O)(=O)c1ccccc1)Nc1cccc(F)c1. The van der Waals surface area contributed by atoms with Crippen LogP contribution in [0.5, 0.6) is 0 Å². The highest BCUT2D eigenvalue weighted by Crippen LogP contribution is 2.26. The van der Waals surface area contributed by atoms with Crippen LogP contribution in [0.2, 0.25) is 0 Å². The molecule has 154 valence electrons. The average molecular weight is 420 g/mol. The molecule has 29 heavy (non-hydrogen) atoms. The van der Waals surface area contributed by atoms with E-state index in [1.165, 1.54) is 30.3 Å². The van der Waals surface area contributed by atoms with Gasteiger partial charge in [-0.3, -0.25) is 9.59 Å². The molecule has 2 aromatic rings. The first-order chi connectivity index (χ1) is 13.9. The number of piperidine rings is 1. The van der Waals surface area contributed by atoms with Gasteiger partial charge in [0.25, 0.3) is 5.91 Å². The van der Waals surface area contributed by atoms with E-state index in [0.29, 0.717) is 19.3 Å². The van der Waals surface area contributed by atoms with Crippen molar-refractivity contribution in [2.45, 2.75) is 30.2 Å². The number of sulfonamides is 1. The van der Waals surface area contributed by atoms with Crippen molar-refractivity contribution in [2.75, 3.05) is 18.5 Å². The first-order valence-corrected chi connectivity index (χ1v) is 10.6. The number of hydrogen-bond acceptors (Lipinski definition) is 5. The Balaban J connectivity index is 1.64. The van der Waals surface area contributed by atoms with Gasteiger partial charge >= 0.3 is 5.97 Å². The Labute approximate surface area is 168 Å². The maximum atomic E-state index is 13.2. The number of amides is 1. The number of rotatable bonds is 6. The molecule has 0 spiro atoms. The molecule has 1 aliphatic rings. The molecule has 1 heterocycles. The Morgan fingerprint density at radius 3 is 2.59 bits per heavy atom. The molecule has 1 unspecified atom stereocenters. The van der Waals surface area contributed by atoms with Crippen molar-refractivity contribution in [3.05, 3.63) is 60.4 Å². The van der Waals surface area contributed by atoms with Crippen LogP contribution in [0, 0.1) is 5.82 Å². The predicted octanol–water partition coefficient (Wildman–Crippen LogP) is 2.55. The lowest BCUT2D eigenvalue weighted by Crippen LogP contribution is -2.48. The van der Waals surface area contributed by atoms with E-state index >= 15 is 0 Å². The number of benzene rings is 2. The van der Waals surface area contributed by atoms with Gasteiger partial charge in [-0.1, -0.05) is 24.3 Å². The zero-order valence-corrected chi connectivity index (χ0v) is 16.4. The van der Waals surface area contributed by atoms with Gasteiger partial charge in [-0.25, -0.2) is 12.8 Å². The third kappa shape index (κ3) is 5.18. The molecule has 1 atom stereocenters. The predicted molar refractivity (Wildman–Crippen MR) is 104 cm³/mol. The van der Waals surface area contributed by atoms with Crippen molar-refractivity contribution in [1.29, 1.82) is 0 Å². The molecule has 0 saturated carbocycles. The van der Waals surface area contributed by atoms with Crippen LogP contribution in [0.15, 0.2) is 59.5 Å². The van der Waals surface area contributed by atoms with Gasteiger partial charge in [0.2, 0.25) is 10.0 Å². The number of esters is 1. The second kappa shape index (κ2) is 9.15. The molecule has 9 heteroatoms. The Kier molecular flexibility index (Phi) is 6.60. The Morgan fingerprint density at radius 2 is 1.86 bits per heavy atom. The summed E-state index contributed by atoms with van der Waals surface area (Å²) in [6, 6.07) is 12.2. The van der Waals surface area contributed by atoms with Crippen molar-refractivity contribution < 1.29 is 27.1 Å². The average Bonchev–Trinajstić information content (AvgIpc) is 2.72. The molecule has 2 aromatic carbocycles. The smallest absolute Gasteiger partial charge is 0.324 e. The molecule has 1 fully saturated rings. The van der Waals surface area contributed by atoms with Crippen LogP contribution < -0.4 is 5.32 Å². The molecule has 1 N–H and O–H groups in total. The van der Waals surface area contributed by atoms with Gasteiger partial charge < -0.3 is 10.1 Å². The van der Waals surface area contributed by atoms with Gasteiger partial charge in [-0.15, -0.1) is 0 Å². The van der Waals surface area contributed by atoms with E-state index < -0.39 is 40.4 Å². The topological polar surface area (TPSA) is 92.8 Å². The minimum atomic E-state index is -3.86. The highest BCUT2D eigenvalue weighted by molar-refractivity contribution is 7.89. The summed E-state index contributed by atoms with van der Waals surface area (Å²) in [7, 11) is -3.86. The van der Waals surface area contributed by atoms with E-state index in [4.69, 9.17) is 4.74 Å². The quantitative estimate of drug-likeness (QED) is 0.725. The van der Waals surface area contributed by atoms with Gasteiger partial charge in [-0.05, 0) is 49.6 Å². The van der Waals surface area contributed by atoms with Crippen LogP contribution >= 0.6 is 0 Å². The lowest BCUT2D eigenvalue weighted by atomic mass is 10.1. The summed E-state index contributed by atoms with van der Waals surface area (Å²) in [6.45, 7) is -0.391. The largest absolute Gasteiger partial charge is 0.454 e. The second-order valence-corrected chi connectivity index (χ2v) is 8.50. The van der Waals surface area contributed by atoms with Crippen LogP contribution in [0.1, 0.15) is 19.3 Å². The number of ether oxygens (including phenoxy) is 1. The van der Waals surface area contributed by atoms with Gasteiger partial charge in [0.1, 0.15) is 11.9 Å². The summed E-state index contributed by atoms with van der Waals surface area (Å²) in [6.07, 6.45) is 1.63.